The molecule has 0 radical (unpaired) electrons. The number of carboxylic acid groups (broad SMARTS) is 1. The Morgan fingerprint density at radius 3 is 2.08 bits per heavy atom. The molecule has 0 fully saturated rings. The molecule has 0 spiro atoms. The average Bonchev–Trinajstić information content (AvgIpc) is 3.91. The number of nitrogens with one attached hydrogen (secondary N) is 1. The van der Waals surface area contributed by atoms with E-state index in [1.165, 1.54) is 0 Å². The number of carbonyl (C=O) groups excluding carboxylic acids is 2. The molecule has 0 aliphatic carbocycles. The molecule has 5 aromatic carbocycles. The number of hydrogen-bond donors (Lipinski definition) is 2. The van der Waals surface area contributed by atoms with Crippen LogP contribution in [0.3, 0.4) is 0 Å². The van der Waals surface area contributed by atoms with Crippen LogP contribution in [0.15, 0.2) is 96.0 Å². The topological polar surface area (TPSA) is 170 Å². The van der Waals surface area contributed by atoms with Gasteiger partial charge in [0.1, 0.15) is 13.2 Å². The number of aliphatic carboxylic acids is 1. The molecule has 2 amide bonds. The maximum Gasteiger partial charge on any atom is 0.303 e. The quantitative estimate of drug-likeness (QED) is 0.0396. The Hall–Kier alpha value is -6.44. The summed E-state index contributed by atoms with van der Waals surface area (Å²) in [6, 6.07) is 29.1. The number of ether oxygens (including phenoxy) is 7. The van der Waals surface area contributed by atoms with Gasteiger partial charge < -0.3 is 53.4 Å². The van der Waals surface area contributed by atoms with Gasteiger partial charge in [-0.3, -0.25) is 24.3 Å². The Labute approximate surface area is 446 Å². The van der Waals surface area contributed by atoms with Gasteiger partial charge in [0.05, 0.1) is 81.8 Å². The molecule has 2 atom stereocenters. The molecule has 4 aliphatic heterocycles. The lowest BCUT2D eigenvalue weighted by Crippen LogP contribution is -2.39. The van der Waals surface area contributed by atoms with E-state index < -0.39 is 5.97 Å². The van der Waals surface area contributed by atoms with E-state index in [9.17, 15) is 19.5 Å². The lowest BCUT2D eigenvalue weighted by molar-refractivity contribution is -0.137. The van der Waals surface area contributed by atoms with Gasteiger partial charge in [0, 0.05) is 85.5 Å². The van der Waals surface area contributed by atoms with Crippen LogP contribution in [0.25, 0.3) is 0 Å². The normalized spacial score (nSPS) is 16.2. The molecule has 75 heavy (non-hydrogen) atoms. The van der Waals surface area contributed by atoms with Crippen LogP contribution in [0.4, 0.5) is 28.4 Å². The minimum atomic E-state index is -0.797. The van der Waals surface area contributed by atoms with Crippen molar-refractivity contribution in [2.75, 3.05) is 99.8 Å². The van der Waals surface area contributed by atoms with Gasteiger partial charge in [0.2, 0.25) is 0 Å². The highest BCUT2D eigenvalue weighted by Crippen LogP contribution is 2.44. The number of nitrogens with zero attached hydrogens (tertiary/aromatic N) is 4. The minimum absolute atomic E-state index is 0.0283. The van der Waals surface area contributed by atoms with E-state index in [1.807, 2.05) is 70.6 Å². The molecule has 4 heterocycles. The largest absolute Gasteiger partial charge is 0.493 e. The predicted molar refractivity (Wildman–Crippen MR) is 296 cm³/mol. The zero-order valence-corrected chi connectivity index (χ0v) is 44.8. The third-order valence-corrected chi connectivity index (χ3v) is 16.8. The van der Waals surface area contributed by atoms with Crippen molar-refractivity contribution in [1.82, 2.24) is 0 Å². The molecule has 0 saturated heterocycles. The summed E-state index contributed by atoms with van der Waals surface area (Å²) in [5.41, 5.74) is 8.77. The Morgan fingerprint density at radius 2 is 1.39 bits per heavy atom. The van der Waals surface area contributed by atoms with Gasteiger partial charge in [-0.15, -0.1) is 0 Å². The molecule has 16 nitrogen and oxygen atoms in total. The second kappa shape index (κ2) is 24.5. The van der Waals surface area contributed by atoms with Crippen molar-refractivity contribution in [3.8, 4) is 23.0 Å². The Kier molecular flexibility index (Phi) is 17.4. The van der Waals surface area contributed by atoms with Crippen molar-refractivity contribution >= 4 is 74.0 Å². The summed E-state index contributed by atoms with van der Waals surface area (Å²) in [5.74, 6) is 1.41. The number of para-hydroxylation sites is 2. The van der Waals surface area contributed by atoms with Crippen LogP contribution in [-0.4, -0.2) is 126 Å². The van der Waals surface area contributed by atoms with E-state index in [-0.39, 0.29) is 48.3 Å². The van der Waals surface area contributed by atoms with Crippen LogP contribution in [0, 0.1) is 0 Å². The Bertz CT molecular complexity index is 2900. The molecule has 9 rings (SSSR count). The zero-order chi connectivity index (χ0) is 52.5. The minimum Gasteiger partial charge on any atom is -0.493 e. The molecule has 396 valence electrons. The lowest BCUT2D eigenvalue weighted by atomic mass is 10.1. The summed E-state index contributed by atoms with van der Waals surface area (Å²) in [6.45, 7) is 8.65. The van der Waals surface area contributed by atoms with Crippen LogP contribution in [0.2, 0.25) is 0 Å². The standard InChI is InChI=1S/C57H65N5O11S2/c1-57(2,75-74-22-10-15-54(63)64)36-60(16-17-70-20-21-71-19-18-67-3)41-24-37(34-72-52-30-46-44(28-50(52)68-4)55(65)61-42(32-58-46)26-39-11-6-8-13-48(39)61)23-38(25-41)35-73-53-31-47-45(29-51(53)69-5)56(66)62-43(33-59-47)27-40-12-7-9-14-49(40)62/h6-9,11-14,23-25,28-32,42-43,59H,10,15-22,26-27,33-36H2,1-5H3,(H,63,64). The first kappa shape index (κ1) is 53.4. The molecule has 4 aliphatic rings. The summed E-state index contributed by atoms with van der Waals surface area (Å²) in [5, 5.41) is 12.8. The smallest absolute Gasteiger partial charge is 0.303 e. The number of hydrogen-bond acceptors (Lipinski definition) is 15. The molecule has 0 aromatic heterocycles. The molecule has 18 heteroatoms. The number of anilines is 4. The Balaban J connectivity index is 1.00. The van der Waals surface area contributed by atoms with E-state index >= 15 is 0 Å². The van der Waals surface area contributed by atoms with E-state index in [0.29, 0.717) is 117 Å². The van der Waals surface area contributed by atoms with E-state index in [4.69, 9.17) is 38.2 Å². The van der Waals surface area contributed by atoms with Gasteiger partial charge in [-0.2, -0.15) is 0 Å². The van der Waals surface area contributed by atoms with Gasteiger partial charge in [-0.05, 0) is 91.4 Å². The van der Waals surface area contributed by atoms with Crippen molar-refractivity contribution in [2.45, 2.75) is 69.6 Å². The summed E-state index contributed by atoms with van der Waals surface area (Å²) in [4.78, 5) is 50.5. The van der Waals surface area contributed by atoms with Crippen LogP contribution in [0.5, 0.6) is 23.0 Å². The van der Waals surface area contributed by atoms with E-state index in [2.05, 4.69) is 42.3 Å². The number of carbonyl (C=O) groups is 3. The van der Waals surface area contributed by atoms with Crippen molar-refractivity contribution in [3.05, 3.63) is 124 Å². The monoisotopic (exact) mass is 1060 g/mol. The van der Waals surface area contributed by atoms with Crippen LogP contribution in [-0.2, 0) is 45.1 Å². The van der Waals surface area contributed by atoms with Gasteiger partial charge >= 0.3 is 5.97 Å². The van der Waals surface area contributed by atoms with Crippen molar-refractivity contribution < 1.29 is 52.6 Å². The van der Waals surface area contributed by atoms with Crippen molar-refractivity contribution in [1.29, 1.82) is 0 Å². The van der Waals surface area contributed by atoms with Gasteiger partial charge in [-0.1, -0.05) is 58.0 Å². The third-order valence-electron chi connectivity index (χ3n) is 13.5. The average molecular weight is 1060 g/mol. The second-order valence-electron chi connectivity index (χ2n) is 19.4. The number of rotatable bonds is 26. The van der Waals surface area contributed by atoms with Crippen molar-refractivity contribution in [3.63, 3.8) is 0 Å². The number of aliphatic imine (C=N–C) groups is 1. The maximum absolute atomic E-state index is 14.2. The molecule has 5 aromatic rings. The fourth-order valence-corrected chi connectivity index (χ4v) is 12.5. The first-order chi connectivity index (χ1) is 36.4. The highest BCUT2D eigenvalue weighted by molar-refractivity contribution is 8.77. The Morgan fingerprint density at radius 1 is 0.760 bits per heavy atom. The first-order valence-electron chi connectivity index (χ1n) is 25.3. The molecule has 0 saturated carbocycles. The van der Waals surface area contributed by atoms with Gasteiger partial charge in [0.15, 0.2) is 23.0 Å². The number of amides is 2. The molecular formula is C57H65N5O11S2. The lowest BCUT2D eigenvalue weighted by Gasteiger charge is -2.34. The molecule has 2 N–H and O–H groups in total. The van der Waals surface area contributed by atoms with E-state index in [1.54, 1.807) is 61.1 Å². The third kappa shape index (κ3) is 12.6. The highest BCUT2D eigenvalue weighted by atomic mass is 33.1. The number of carboxylic acids is 1. The maximum atomic E-state index is 14.2. The van der Waals surface area contributed by atoms with Gasteiger partial charge in [-0.25, -0.2) is 0 Å². The second-order valence-corrected chi connectivity index (χ2v) is 22.5. The summed E-state index contributed by atoms with van der Waals surface area (Å²) < 4.78 is 41.7. The van der Waals surface area contributed by atoms with Crippen LogP contribution in [0.1, 0.15) is 69.7 Å². The van der Waals surface area contributed by atoms with E-state index in [0.717, 1.165) is 45.7 Å². The summed E-state index contributed by atoms with van der Waals surface area (Å²) >= 11 is 0. The van der Waals surface area contributed by atoms with Gasteiger partial charge in [0.25, 0.3) is 11.8 Å². The molecule has 0 bridgehead atoms. The summed E-state index contributed by atoms with van der Waals surface area (Å²) in [7, 11) is 8.18. The number of methoxy groups -OCH3 is 3. The fraction of sp³-hybridized carbons (Fsp3) is 0.404. The van der Waals surface area contributed by atoms with Crippen molar-refractivity contribution in [2.24, 2.45) is 4.99 Å². The summed E-state index contributed by atoms with van der Waals surface area (Å²) in [6.07, 6.45) is 4.00. The predicted octanol–water partition coefficient (Wildman–Crippen LogP) is 9.66. The van der Waals surface area contributed by atoms with Crippen LogP contribution >= 0.6 is 21.6 Å². The SMILES string of the molecule is COCCOCCOCCN(CC(C)(C)SSCCCC(=O)O)c1cc(COc2cc3c(cc2OC)C(=O)N2c4ccccc4CC2C=N3)cc(COc2cc3c(cc2OC)C(=O)N2c4ccccc4CC2CN3)c1. The highest BCUT2D eigenvalue weighted by Gasteiger charge is 2.39. The molecule has 2 unspecified atom stereocenters. The number of fused-ring (bicyclic) bond motifs is 8. The fourth-order valence-electron chi connectivity index (χ4n) is 9.92. The molecular weight excluding hydrogens is 995 g/mol. The van der Waals surface area contributed by atoms with Crippen LogP contribution < -0.4 is 39.0 Å². The zero-order valence-electron chi connectivity index (χ0n) is 43.1. The first-order valence-corrected chi connectivity index (χ1v) is 27.6. The number of benzene rings is 5.